The molecule has 1 fully saturated rings. The van der Waals surface area contributed by atoms with E-state index in [0.717, 1.165) is 31.3 Å². The monoisotopic (exact) mass is 227 g/mol. The van der Waals surface area contributed by atoms with E-state index in [1.54, 1.807) is 0 Å². The van der Waals surface area contributed by atoms with Gasteiger partial charge in [-0.15, -0.1) is 0 Å². The van der Waals surface area contributed by atoms with Crippen molar-refractivity contribution in [2.24, 2.45) is 11.8 Å². The molecule has 16 heavy (non-hydrogen) atoms. The number of aliphatic carboxylic acids is 1. The first-order valence-corrected chi connectivity index (χ1v) is 6.56. The van der Waals surface area contributed by atoms with E-state index in [4.69, 9.17) is 5.11 Å². The van der Waals surface area contributed by atoms with Crippen LogP contribution in [0, 0.1) is 11.8 Å². The highest BCUT2D eigenvalue weighted by Crippen LogP contribution is 2.28. The van der Waals surface area contributed by atoms with E-state index in [0.29, 0.717) is 0 Å². The lowest BCUT2D eigenvalue weighted by atomic mass is 9.83. The highest BCUT2D eigenvalue weighted by atomic mass is 16.4. The van der Waals surface area contributed by atoms with E-state index in [-0.39, 0.29) is 6.54 Å². The highest BCUT2D eigenvalue weighted by Gasteiger charge is 2.21. The maximum absolute atomic E-state index is 10.7. The van der Waals surface area contributed by atoms with Crippen molar-refractivity contribution in [3.8, 4) is 0 Å². The van der Waals surface area contributed by atoms with Gasteiger partial charge < -0.3 is 5.11 Å². The van der Waals surface area contributed by atoms with E-state index in [1.807, 2.05) is 0 Å². The Labute approximate surface area is 98.8 Å². The molecule has 0 aromatic rings. The van der Waals surface area contributed by atoms with Crippen LogP contribution in [0.2, 0.25) is 0 Å². The maximum Gasteiger partial charge on any atom is 0.317 e. The molecule has 0 aromatic carbocycles. The molecule has 3 nitrogen and oxygen atoms in total. The van der Waals surface area contributed by atoms with Crippen molar-refractivity contribution in [3.05, 3.63) is 0 Å². The van der Waals surface area contributed by atoms with Gasteiger partial charge in [-0.2, -0.15) is 0 Å². The van der Waals surface area contributed by atoms with Crippen LogP contribution in [0.1, 0.15) is 46.0 Å². The number of carbonyl (C=O) groups is 1. The third-order valence-corrected chi connectivity index (χ3v) is 3.55. The molecule has 1 aliphatic carbocycles. The number of nitrogens with zero attached hydrogens (tertiary/aromatic N) is 1. The second-order valence-corrected chi connectivity index (χ2v) is 5.25. The summed E-state index contributed by atoms with van der Waals surface area (Å²) in [5.41, 5.74) is 0. The minimum Gasteiger partial charge on any atom is -0.480 e. The fraction of sp³-hybridized carbons (Fsp3) is 0.923. The van der Waals surface area contributed by atoms with Crippen molar-refractivity contribution in [1.29, 1.82) is 0 Å². The molecule has 0 atom stereocenters. The fourth-order valence-corrected chi connectivity index (χ4v) is 2.62. The topological polar surface area (TPSA) is 40.5 Å². The molecule has 0 spiro atoms. The van der Waals surface area contributed by atoms with Crippen LogP contribution in [0.25, 0.3) is 0 Å². The molecule has 1 saturated carbocycles. The van der Waals surface area contributed by atoms with Gasteiger partial charge in [0.2, 0.25) is 0 Å². The summed E-state index contributed by atoms with van der Waals surface area (Å²) in [6.07, 6.45) is 6.23. The quantitative estimate of drug-likeness (QED) is 0.758. The van der Waals surface area contributed by atoms with Crippen molar-refractivity contribution in [1.82, 2.24) is 4.90 Å². The predicted molar refractivity (Wildman–Crippen MR) is 65.5 cm³/mol. The van der Waals surface area contributed by atoms with Crippen LogP contribution >= 0.6 is 0 Å². The summed E-state index contributed by atoms with van der Waals surface area (Å²) in [5, 5.41) is 8.84. The Kier molecular flexibility index (Phi) is 5.81. The van der Waals surface area contributed by atoms with Crippen molar-refractivity contribution >= 4 is 5.97 Å². The van der Waals surface area contributed by atoms with E-state index >= 15 is 0 Å². The van der Waals surface area contributed by atoms with Crippen molar-refractivity contribution < 1.29 is 9.90 Å². The summed E-state index contributed by atoms with van der Waals surface area (Å²) in [5.74, 6) is 0.898. The lowest BCUT2D eigenvalue weighted by Gasteiger charge is -2.30. The first-order chi connectivity index (χ1) is 7.61. The molecule has 0 aromatic heterocycles. The summed E-state index contributed by atoms with van der Waals surface area (Å²) >= 11 is 0. The zero-order valence-electron chi connectivity index (χ0n) is 10.6. The molecule has 3 heteroatoms. The molecule has 1 N–H and O–H groups in total. The standard InChI is InChI=1S/C13H25NO2/c1-3-8-14(10-13(15)16)9-12-6-4-11(2)5-7-12/h11-12H,3-10H2,1-2H3,(H,15,16). The fourth-order valence-electron chi connectivity index (χ4n) is 2.62. The average molecular weight is 227 g/mol. The molecule has 0 amide bonds. The van der Waals surface area contributed by atoms with Crippen LogP contribution < -0.4 is 0 Å². The highest BCUT2D eigenvalue weighted by molar-refractivity contribution is 5.69. The Hall–Kier alpha value is -0.570. The molecule has 0 saturated heterocycles. The summed E-state index contributed by atoms with van der Waals surface area (Å²) in [6.45, 7) is 6.53. The number of rotatable bonds is 6. The van der Waals surface area contributed by atoms with Gasteiger partial charge in [0.1, 0.15) is 0 Å². The van der Waals surface area contributed by atoms with Gasteiger partial charge in [-0.3, -0.25) is 9.69 Å². The molecule has 0 heterocycles. The minimum atomic E-state index is -0.697. The molecule has 0 aliphatic heterocycles. The summed E-state index contributed by atoms with van der Waals surface area (Å²) < 4.78 is 0. The lowest BCUT2D eigenvalue weighted by Crippen LogP contribution is -2.35. The largest absolute Gasteiger partial charge is 0.480 e. The van der Waals surface area contributed by atoms with Gasteiger partial charge in [0.05, 0.1) is 6.54 Å². The van der Waals surface area contributed by atoms with Gasteiger partial charge >= 0.3 is 5.97 Å². The van der Waals surface area contributed by atoms with E-state index < -0.39 is 5.97 Å². The summed E-state index contributed by atoms with van der Waals surface area (Å²) in [4.78, 5) is 12.8. The Bertz CT molecular complexity index is 210. The van der Waals surface area contributed by atoms with Crippen LogP contribution in [-0.2, 0) is 4.79 Å². The van der Waals surface area contributed by atoms with Gasteiger partial charge in [0, 0.05) is 6.54 Å². The smallest absolute Gasteiger partial charge is 0.317 e. The Morgan fingerprint density at radius 3 is 2.44 bits per heavy atom. The van der Waals surface area contributed by atoms with Gasteiger partial charge in [0.15, 0.2) is 0 Å². The van der Waals surface area contributed by atoms with E-state index in [1.165, 1.54) is 25.7 Å². The third-order valence-electron chi connectivity index (χ3n) is 3.55. The lowest BCUT2D eigenvalue weighted by molar-refractivity contribution is -0.138. The molecule has 0 unspecified atom stereocenters. The van der Waals surface area contributed by atoms with Crippen LogP contribution in [0.3, 0.4) is 0 Å². The summed E-state index contributed by atoms with van der Waals surface area (Å²) in [7, 11) is 0. The minimum absolute atomic E-state index is 0.208. The molecular formula is C13H25NO2. The second-order valence-electron chi connectivity index (χ2n) is 5.25. The van der Waals surface area contributed by atoms with Gasteiger partial charge in [0.25, 0.3) is 0 Å². The zero-order valence-corrected chi connectivity index (χ0v) is 10.6. The van der Waals surface area contributed by atoms with E-state index in [9.17, 15) is 4.79 Å². The molecule has 0 bridgehead atoms. The SMILES string of the molecule is CCCN(CC(=O)O)CC1CCC(C)CC1. The number of hydrogen-bond donors (Lipinski definition) is 1. The van der Waals surface area contributed by atoms with E-state index in [2.05, 4.69) is 18.7 Å². The number of hydrogen-bond acceptors (Lipinski definition) is 2. The average Bonchev–Trinajstić information content (AvgIpc) is 2.21. The summed E-state index contributed by atoms with van der Waals surface area (Å²) in [6, 6.07) is 0. The Morgan fingerprint density at radius 2 is 1.94 bits per heavy atom. The van der Waals surface area contributed by atoms with Gasteiger partial charge in [-0.25, -0.2) is 0 Å². The predicted octanol–water partition coefficient (Wildman–Crippen LogP) is 2.61. The zero-order chi connectivity index (χ0) is 12.0. The van der Waals surface area contributed by atoms with Crippen molar-refractivity contribution in [2.45, 2.75) is 46.0 Å². The van der Waals surface area contributed by atoms with Crippen molar-refractivity contribution in [3.63, 3.8) is 0 Å². The molecule has 1 aliphatic rings. The molecule has 0 radical (unpaired) electrons. The van der Waals surface area contributed by atoms with Gasteiger partial charge in [-0.05, 0) is 37.6 Å². The van der Waals surface area contributed by atoms with Crippen LogP contribution in [0.5, 0.6) is 0 Å². The third kappa shape index (κ3) is 4.97. The normalized spacial score (nSPS) is 25.9. The first-order valence-electron chi connectivity index (χ1n) is 6.56. The van der Waals surface area contributed by atoms with Crippen LogP contribution in [0.4, 0.5) is 0 Å². The first kappa shape index (κ1) is 13.5. The van der Waals surface area contributed by atoms with Crippen LogP contribution in [-0.4, -0.2) is 35.6 Å². The Morgan fingerprint density at radius 1 is 1.31 bits per heavy atom. The molecular weight excluding hydrogens is 202 g/mol. The number of carboxylic acids is 1. The molecule has 94 valence electrons. The Balaban J connectivity index is 2.32. The number of carboxylic acid groups (broad SMARTS) is 1. The molecule has 1 rings (SSSR count). The van der Waals surface area contributed by atoms with Crippen LogP contribution in [0.15, 0.2) is 0 Å². The van der Waals surface area contributed by atoms with Crippen molar-refractivity contribution in [2.75, 3.05) is 19.6 Å². The second kappa shape index (κ2) is 6.89. The maximum atomic E-state index is 10.7. The van der Waals surface area contributed by atoms with Gasteiger partial charge in [-0.1, -0.05) is 26.7 Å².